The summed E-state index contributed by atoms with van der Waals surface area (Å²) in [4.78, 5) is 13.0. The predicted octanol–water partition coefficient (Wildman–Crippen LogP) is 5.58. The molecule has 1 unspecified atom stereocenters. The Morgan fingerprint density at radius 3 is 2.33 bits per heavy atom. The molecule has 1 saturated carbocycles. The first-order chi connectivity index (χ1) is 17.1. The van der Waals surface area contributed by atoms with Crippen LogP contribution in [0.3, 0.4) is 0 Å². The van der Waals surface area contributed by atoms with E-state index in [2.05, 4.69) is 4.90 Å². The van der Waals surface area contributed by atoms with E-state index in [0.717, 1.165) is 12.8 Å². The molecule has 1 saturated heterocycles. The molecule has 0 aromatic heterocycles. The zero-order valence-electron chi connectivity index (χ0n) is 19.3. The van der Waals surface area contributed by atoms with Crippen LogP contribution in [0, 0.1) is 11.1 Å². The third-order valence-electron chi connectivity index (χ3n) is 6.34. The first kappa shape index (κ1) is 27.9. The fourth-order valence-electron chi connectivity index (χ4n) is 4.55. The Kier molecular flexibility index (Phi) is 9.09. The minimum atomic E-state index is -4.41. The molecule has 0 amide bonds. The van der Waals surface area contributed by atoms with Crippen LogP contribution in [-0.2, 0) is 25.7 Å². The highest BCUT2D eigenvalue weighted by Gasteiger charge is 2.33. The van der Waals surface area contributed by atoms with Crippen molar-refractivity contribution in [2.75, 3.05) is 26.2 Å². The minimum absolute atomic E-state index is 0.0590. The Labute approximate surface area is 225 Å². The van der Waals surface area contributed by atoms with Gasteiger partial charge in [-0.2, -0.15) is 9.57 Å². The number of rotatable bonds is 8. The second-order valence-corrected chi connectivity index (χ2v) is 14.2. The molecule has 36 heavy (non-hydrogen) atoms. The van der Waals surface area contributed by atoms with Crippen LogP contribution in [0.1, 0.15) is 31.2 Å². The molecule has 2 aromatic carbocycles. The van der Waals surface area contributed by atoms with Crippen molar-refractivity contribution in [1.82, 2.24) is 9.21 Å². The number of hydrogen-bond acceptors (Lipinski definition) is 7. The smallest absolute Gasteiger partial charge is 0.314 e. The summed E-state index contributed by atoms with van der Waals surface area (Å²) in [5.41, 5.74) is 0.358. The fraction of sp³-hybridized carbons (Fsp3) is 0.435. The average Bonchev–Trinajstić information content (AvgIpc) is 3.38. The lowest BCUT2D eigenvalue weighted by atomic mass is 10.2. The van der Waals surface area contributed by atoms with Crippen molar-refractivity contribution in [3.05, 3.63) is 52.0 Å². The van der Waals surface area contributed by atoms with Crippen molar-refractivity contribution in [3.63, 3.8) is 0 Å². The number of nitrogens with zero attached hydrogens (tertiary/aromatic N) is 3. The van der Waals surface area contributed by atoms with Gasteiger partial charge < -0.3 is 4.89 Å². The van der Waals surface area contributed by atoms with Gasteiger partial charge in [-0.1, -0.05) is 53.9 Å². The van der Waals surface area contributed by atoms with Gasteiger partial charge in [-0.3, -0.25) is 9.42 Å². The van der Waals surface area contributed by atoms with Crippen LogP contribution < -0.4 is 0 Å². The van der Waals surface area contributed by atoms with Crippen LogP contribution in [0.15, 0.2) is 51.1 Å². The molecule has 1 N–H and O–H groups in total. The van der Waals surface area contributed by atoms with Crippen LogP contribution in [-0.4, -0.2) is 54.7 Å². The van der Waals surface area contributed by atoms with Gasteiger partial charge in [0.05, 0.1) is 11.5 Å². The summed E-state index contributed by atoms with van der Waals surface area (Å²) in [6, 6.07) is 10.2. The summed E-state index contributed by atoms with van der Waals surface area (Å²) in [5.74, 6) is 1.22. The van der Waals surface area contributed by atoms with Crippen LogP contribution >= 0.6 is 42.6 Å². The van der Waals surface area contributed by atoms with E-state index in [1.807, 2.05) is 0 Å². The van der Waals surface area contributed by atoms with Crippen LogP contribution in [0.25, 0.3) is 0 Å². The fourth-order valence-corrected chi connectivity index (χ4v) is 8.50. The van der Waals surface area contributed by atoms with E-state index < -0.39 is 17.6 Å². The molecule has 0 spiro atoms. The van der Waals surface area contributed by atoms with E-state index in [1.54, 1.807) is 30.3 Å². The van der Waals surface area contributed by atoms with Gasteiger partial charge in [-0.15, -0.1) is 0 Å². The van der Waals surface area contributed by atoms with Gasteiger partial charge in [0.2, 0.25) is 10.0 Å². The predicted molar refractivity (Wildman–Crippen MR) is 140 cm³/mol. The molecule has 0 radical (unpaired) electrons. The van der Waals surface area contributed by atoms with Crippen molar-refractivity contribution in [1.29, 1.82) is 5.26 Å². The van der Waals surface area contributed by atoms with E-state index in [4.69, 9.17) is 33.0 Å². The number of halogens is 2. The highest BCUT2D eigenvalue weighted by molar-refractivity contribution is 8.00. The third-order valence-corrected chi connectivity index (χ3v) is 10.6. The quantitative estimate of drug-likeness (QED) is 0.397. The first-order valence-corrected chi connectivity index (χ1v) is 16.1. The van der Waals surface area contributed by atoms with Crippen molar-refractivity contribution in [2.24, 2.45) is 0 Å². The number of benzene rings is 2. The lowest BCUT2D eigenvalue weighted by molar-refractivity contribution is 0.139. The maximum Gasteiger partial charge on any atom is 0.429 e. The van der Waals surface area contributed by atoms with Gasteiger partial charge in [0, 0.05) is 52.1 Å². The lowest BCUT2D eigenvalue weighted by Crippen LogP contribution is -2.51. The van der Waals surface area contributed by atoms with E-state index in [9.17, 15) is 17.9 Å². The standard InChI is InChI=1S/C23H26Cl2N3O5PS2/c24-18-12-19(25)14-21(13-18)35-22-6-5-17(15-33-34(29,30)16-26)11-23(22)36(31,32)28-9-7-27(8-10-28)20-3-1-2-4-20/h5-6,11-14,20H,1-4,7-10,15H2,(H,29,30). The zero-order chi connectivity index (χ0) is 25.9. The Hall–Kier alpha value is -1.12. The summed E-state index contributed by atoms with van der Waals surface area (Å²) in [5, 5.41) is 9.62. The van der Waals surface area contributed by atoms with Gasteiger partial charge in [0.25, 0.3) is 0 Å². The Morgan fingerprint density at radius 1 is 1.08 bits per heavy atom. The van der Waals surface area contributed by atoms with Crippen molar-refractivity contribution in [3.8, 4) is 5.81 Å². The highest BCUT2D eigenvalue weighted by atomic mass is 35.5. The molecule has 1 aliphatic carbocycles. The monoisotopic (exact) mass is 589 g/mol. The molecule has 1 aliphatic heterocycles. The molecule has 4 rings (SSSR count). The van der Waals surface area contributed by atoms with Crippen molar-refractivity contribution in [2.45, 2.75) is 53.0 Å². The molecule has 1 heterocycles. The molecule has 2 aromatic rings. The highest BCUT2D eigenvalue weighted by Crippen LogP contribution is 2.42. The molecular formula is C23H26Cl2N3O5PS2. The van der Waals surface area contributed by atoms with Gasteiger partial charge >= 0.3 is 7.60 Å². The van der Waals surface area contributed by atoms with E-state index >= 15 is 0 Å². The average molecular weight is 590 g/mol. The Bertz CT molecular complexity index is 1290. The maximum atomic E-state index is 13.8. The molecule has 2 fully saturated rings. The van der Waals surface area contributed by atoms with Crippen molar-refractivity contribution >= 4 is 52.6 Å². The second-order valence-electron chi connectivity index (χ2n) is 8.76. The number of nitriles is 1. The zero-order valence-corrected chi connectivity index (χ0v) is 23.4. The molecule has 0 bridgehead atoms. The summed E-state index contributed by atoms with van der Waals surface area (Å²) in [6.45, 7) is 1.73. The van der Waals surface area contributed by atoms with Gasteiger partial charge in [0.15, 0.2) is 5.81 Å². The maximum absolute atomic E-state index is 13.8. The Balaban J connectivity index is 1.62. The van der Waals surface area contributed by atoms with Gasteiger partial charge in [-0.05, 0) is 48.7 Å². The first-order valence-electron chi connectivity index (χ1n) is 11.5. The van der Waals surface area contributed by atoms with E-state index in [1.165, 1.54) is 40.8 Å². The molecule has 2 aliphatic rings. The summed E-state index contributed by atoms with van der Waals surface area (Å²) in [7, 11) is -8.30. The van der Waals surface area contributed by atoms with Gasteiger partial charge in [-0.25, -0.2) is 13.0 Å². The Morgan fingerprint density at radius 2 is 1.72 bits per heavy atom. The SMILES string of the molecule is N#CP(=O)(O)OCc1ccc(Sc2cc(Cl)cc(Cl)c2)c(S(=O)(=O)N2CCN(C3CCCC3)CC2)c1. The molecule has 8 nitrogen and oxygen atoms in total. The van der Waals surface area contributed by atoms with Gasteiger partial charge in [0.1, 0.15) is 0 Å². The molecule has 194 valence electrons. The largest absolute Gasteiger partial charge is 0.429 e. The molecule has 1 atom stereocenters. The number of sulfonamides is 1. The number of piperazine rings is 1. The number of hydrogen-bond donors (Lipinski definition) is 1. The molecular weight excluding hydrogens is 564 g/mol. The van der Waals surface area contributed by atoms with Crippen molar-refractivity contribution < 1.29 is 22.4 Å². The van der Waals surface area contributed by atoms with Crippen LogP contribution in [0.2, 0.25) is 10.0 Å². The topological polar surface area (TPSA) is 111 Å². The molecule has 13 heteroatoms. The van der Waals surface area contributed by atoms with E-state index in [0.29, 0.717) is 57.6 Å². The third kappa shape index (κ3) is 6.84. The van der Waals surface area contributed by atoms with Crippen LogP contribution in [0.4, 0.5) is 0 Å². The summed E-state index contributed by atoms with van der Waals surface area (Å²) in [6.07, 6.45) is 4.77. The summed E-state index contributed by atoms with van der Waals surface area (Å²) < 4.78 is 45.6. The lowest BCUT2D eigenvalue weighted by Gasteiger charge is -2.37. The normalized spacial score (nSPS) is 19.7. The second kappa shape index (κ2) is 11.7. The van der Waals surface area contributed by atoms with Crippen LogP contribution in [0.5, 0.6) is 0 Å². The van der Waals surface area contributed by atoms with E-state index in [-0.39, 0.29) is 11.5 Å². The minimum Gasteiger partial charge on any atom is -0.314 e. The summed E-state index contributed by atoms with van der Waals surface area (Å²) >= 11 is 13.5.